The van der Waals surface area contributed by atoms with Crippen LogP contribution in [0.2, 0.25) is 5.28 Å². The van der Waals surface area contributed by atoms with Crippen LogP contribution < -0.4 is 11.1 Å². The standard InChI is InChI=1S/C8H12ClN5S/c1-15-8(2-3-8)4-11-7-13-5(9)12-6(10)14-7/h2-4H2,1H3,(H3,10,11,12,13,14). The van der Waals surface area contributed by atoms with Crippen LogP contribution in [0, 0.1) is 0 Å². The lowest BCUT2D eigenvalue weighted by atomic mass is 10.4. The van der Waals surface area contributed by atoms with Crippen molar-refractivity contribution in [2.75, 3.05) is 23.9 Å². The fourth-order valence-electron chi connectivity index (χ4n) is 1.28. The van der Waals surface area contributed by atoms with Crippen LogP contribution in [0.1, 0.15) is 12.8 Å². The minimum absolute atomic E-state index is 0.124. The molecule has 0 radical (unpaired) electrons. The molecule has 1 fully saturated rings. The first kappa shape index (κ1) is 10.8. The van der Waals surface area contributed by atoms with Crippen LogP contribution in [0.25, 0.3) is 0 Å². The molecule has 5 nitrogen and oxygen atoms in total. The van der Waals surface area contributed by atoms with E-state index in [0.29, 0.717) is 10.7 Å². The quantitative estimate of drug-likeness (QED) is 0.836. The molecule has 15 heavy (non-hydrogen) atoms. The van der Waals surface area contributed by atoms with E-state index in [2.05, 4.69) is 26.5 Å². The van der Waals surface area contributed by atoms with Crippen LogP contribution in [-0.2, 0) is 0 Å². The number of nitrogen functional groups attached to an aromatic ring is 1. The van der Waals surface area contributed by atoms with Gasteiger partial charge in [-0.05, 0) is 30.7 Å². The van der Waals surface area contributed by atoms with Crippen LogP contribution in [-0.4, -0.2) is 32.5 Å². The van der Waals surface area contributed by atoms with Crippen LogP contribution in [0.3, 0.4) is 0 Å². The number of anilines is 2. The molecule has 2 rings (SSSR count). The lowest BCUT2D eigenvalue weighted by Gasteiger charge is -2.12. The highest BCUT2D eigenvalue weighted by atomic mass is 35.5. The highest BCUT2D eigenvalue weighted by Crippen LogP contribution is 2.46. The number of hydrogen-bond acceptors (Lipinski definition) is 6. The Bertz CT molecular complexity index is 348. The largest absolute Gasteiger partial charge is 0.368 e. The SMILES string of the molecule is CSC1(CNc2nc(N)nc(Cl)n2)CC1. The molecule has 0 aliphatic heterocycles. The van der Waals surface area contributed by atoms with Crippen molar-refractivity contribution in [3.05, 3.63) is 5.28 Å². The summed E-state index contributed by atoms with van der Waals surface area (Å²) >= 11 is 7.53. The van der Waals surface area contributed by atoms with Gasteiger partial charge in [-0.1, -0.05) is 0 Å². The minimum atomic E-state index is 0.124. The lowest BCUT2D eigenvalue weighted by Crippen LogP contribution is -2.19. The van der Waals surface area contributed by atoms with Gasteiger partial charge in [-0.15, -0.1) is 0 Å². The molecule has 1 aromatic rings. The van der Waals surface area contributed by atoms with E-state index >= 15 is 0 Å². The molecule has 0 spiro atoms. The first-order chi connectivity index (χ1) is 7.13. The molecule has 3 N–H and O–H groups in total. The van der Waals surface area contributed by atoms with Crippen molar-refractivity contribution in [1.82, 2.24) is 15.0 Å². The van der Waals surface area contributed by atoms with Gasteiger partial charge in [0, 0.05) is 11.3 Å². The molecule has 1 aliphatic carbocycles. The molecule has 1 saturated carbocycles. The summed E-state index contributed by atoms with van der Waals surface area (Å²) in [5.41, 5.74) is 5.46. The van der Waals surface area contributed by atoms with Crippen molar-refractivity contribution in [3.63, 3.8) is 0 Å². The van der Waals surface area contributed by atoms with E-state index in [9.17, 15) is 0 Å². The topological polar surface area (TPSA) is 76.7 Å². The number of thioether (sulfide) groups is 1. The van der Waals surface area contributed by atoms with E-state index in [1.807, 2.05) is 11.8 Å². The molecule has 0 saturated heterocycles. The maximum atomic E-state index is 5.66. The summed E-state index contributed by atoms with van der Waals surface area (Å²) in [6.45, 7) is 0.841. The number of rotatable bonds is 4. The van der Waals surface area contributed by atoms with Gasteiger partial charge in [-0.25, -0.2) is 0 Å². The zero-order chi connectivity index (χ0) is 10.9. The number of nitrogens with two attached hydrogens (primary N) is 1. The third-order valence-corrected chi connectivity index (χ3v) is 4.02. The van der Waals surface area contributed by atoms with Crippen molar-refractivity contribution in [3.8, 4) is 0 Å². The number of nitrogens with one attached hydrogen (secondary N) is 1. The molecule has 1 heterocycles. The normalized spacial score (nSPS) is 17.5. The summed E-state index contributed by atoms with van der Waals surface area (Å²) in [6, 6.07) is 0. The predicted molar refractivity (Wildman–Crippen MR) is 63.2 cm³/mol. The maximum absolute atomic E-state index is 5.66. The van der Waals surface area contributed by atoms with Gasteiger partial charge in [-0.2, -0.15) is 26.7 Å². The summed E-state index contributed by atoms with van der Waals surface area (Å²) < 4.78 is 0.355. The van der Waals surface area contributed by atoms with E-state index < -0.39 is 0 Å². The molecule has 82 valence electrons. The van der Waals surface area contributed by atoms with E-state index in [1.54, 1.807) is 0 Å². The molecule has 0 amide bonds. The van der Waals surface area contributed by atoms with Crippen molar-refractivity contribution >= 4 is 35.3 Å². The summed E-state index contributed by atoms with van der Waals surface area (Å²) in [5, 5.41) is 3.26. The van der Waals surface area contributed by atoms with Gasteiger partial charge >= 0.3 is 0 Å². The van der Waals surface area contributed by atoms with Crippen molar-refractivity contribution in [2.24, 2.45) is 0 Å². The zero-order valence-electron chi connectivity index (χ0n) is 8.33. The lowest BCUT2D eigenvalue weighted by molar-refractivity contribution is 0.919. The highest BCUT2D eigenvalue weighted by Gasteiger charge is 2.41. The predicted octanol–water partition coefficient (Wildman–Crippen LogP) is 1.41. The fraction of sp³-hybridized carbons (Fsp3) is 0.625. The number of halogens is 1. The van der Waals surface area contributed by atoms with Gasteiger partial charge < -0.3 is 11.1 Å². The second-order valence-electron chi connectivity index (χ2n) is 3.53. The van der Waals surface area contributed by atoms with E-state index in [1.165, 1.54) is 12.8 Å². The Morgan fingerprint density at radius 1 is 1.47 bits per heavy atom. The second-order valence-corrected chi connectivity index (χ2v) is 5.14. The van der Waals surface area contributed by atoms with Gasteiger partial charge in [-0.3, -0.25) is 0 Å². The summed E-state index contributed by atoms with van der Waals surface area (Å²) in [7, 11) is 0. The van der Waals surface area contributed by atoms with Gasteiger partial charge in [0.2, 0.25) is 17.2 Å². The average Bonchev–Trinajstić information content (AvgIpc) is 2.94. The van der Waals surface area contributed by atoms with Crippen LogP contribution >= 0.6 is 23.4 Å². The Morgan fingerprint density at radius 2 is 2.20 bits per heavy atom. The Labute approximate surface area is 97.2 Å². The van der Waals surface area contributed by atoms with Crippen molar-refractivity contribution < 1.29 is 0 Å². The second kappa shape index (κ2) is 4.02. The van der Waals surface area contributed by atoms with Gasteiger partial charge in [0.25, 0.3) is 0 Å². The van der Waals surface area contributed by atoms with Crippen LogP contribution in [0.15, 0.2) is 0 Å². The molecular formula is C8H12ClN5S. The summed E-state index contributed by atoms with van der Waals surface area (Å²) in [5.74, 6) is 0.597. The molecule has 1 aromatic heterocycles. The maximum Gasteiger partial charge on any atom is 0.228 e. The third-order valence-electron chi connectivity index (χ3n) is 2.43. The van der Waals surface area contributed by atoms with Crippen molar-refractivity contribution in [1.29, 1.82) is 0 Å². The summed E-state index contributed by atoms with van der Waals surface area (Å²) in [4.78, 5) is 11.6. The molecule has 0 unspecified atom stereocenters. The van der Waals surface area contributed by atoms with E-state index in [-0.39, 0.29) is 11.2 Å². The van der Waals surface area contributed by atoms with Crippen LogP contribution in [0.5, 0.6) is 0 Å². The van der Waals surface area contributed by atoms with E-state index in [0.717, 1.165) is 6.54 Å². The molecular weight excluding hydrogens is 234 g/mol. The highest BCUT2D eigenvalue weighted by molar-refractivity contribution is 8.00. The van der Waals surface area contributed by atoms with Crippen LogP contribution in [0.4, 0.5) is 11.9 Å². The fourth-order valence-corrected chi connectivity index (χ4v) is 2.17. The van der Waals surface area contributed by atoms with Gasteiger partial charge in [0.05, 0.1) is 0 Å². The Morgan fingerprint density at radius 3 is 2.73 bits per heavy atom. The average molecular weight is 246 g/mol. The monoisotopic (exact) mass is 245 g/mol. The third kappa shape index (κ3) is 2.63. The number of hydrogen-bond donors (Lipinski definition) is 2. The molecule has 0 aromatic carbocycles. The molecule has 0 bridgehead atoms. The first-order valence-corrected chi connectivity index (χ1v) is 6.20. The first-order valence-electron chi connectivity index (χ1n) is 4.60. The molecule has 7 heteroatoms. The zero-order valence-corrected chi connectivity index (χ0v) is 9.90. The Balaban J connectivity index is 1.99. The summed E-state index contributed by atoms with van der Waals surface area (Å²) in [6.07, 6.45) is 4.58. The van der Waals surface area contributed by atoms with E-state index in [4.69, 9.17) is 17.3 Å². The van der Waals surface area contributed by atoms with Gasteiger partial charge in [0.1, 0.15) is 0 Å². The number of aromatic nitrogens is 3. The Hall–Kier alpha value is -0.750. The van der Waals surface area contributed by atoms with Gasteiger partial charge in [0.15, 0.2) is 0 Å². The Kier molecular flexibility index (Phi) is 2.88. The number of nitrogens with zero attached hydrogens (tertiary/aromatic N) is 3. The minimum Gasteiger partial charge on any atom is -0.368 e. The smallest absolute Gasteiger partial charge is 0.228 e. The molecule has 1 aliphatic rings. The van der Waals surface area contributed by atoms with Crippen molar-refractivity contribution in [2.45, 2.75) is 17.6 Å². The molecule has 0 atom stereocenters.